The van der Waals surface area contributed by atoms with Crippen molar-refractivity contribution in [2.24, 2.45) is 10.8 Å². The molecule has 2 aromatic carbocycles. The molecule has 1 heterocycles. The van der Waals surface area contributed by atoms with E-state index in [1.54, 1.807) is 12.1 Å². The maximum Gasteiger partial charge on any atom is 0.233 e. The zero-order chi connectivity index (χ0) is 31.2. The van der Waals surface area contributed by atoms with Crippen LogP contribution in [0.4, 0.5) is 15.8 Å². The second kappa shape index (κ2) is 9.61. The first-order chi connectivity index (χ1) is 20.6. The summed E-state index contributed by atoms with van der Waals surface area (Å²) < 4.78 is 46.1. The third-order valence-corrected chi connectivity index (χ3v) is 11.4. The summed E-state index contributed by atoms with van der Waals surface area (Å²) in [5, 5.41) is 4.44. The molecule has 6 saturated carbocycles. The van der Waals surface area contributed by atoms with Gasteiger partial charge in [-0.2, -0.15) is 4.98 Å². The van der Waals surface area contributed by atoms with Crippen molar-refractivity contribution >= 4 is 27.3 Å². The fraction of sp³-hybridized carbons (Fsp3) is 0.559. The SMILES string of the molecule is CC(C)(C)c1nc(C23CCC(CN(C(=O)C45CC(F)(C4)C5)c4cccc(-c5ccc(NS(C)(=O)=O)cc5)c4)(CC2)CC3)no1. The van der Waals surface area contributed by atoms with Crippen LogP contribution >= 0.6 is 0 Å². The quantitative estimate of drug-likeness (QED) is 0.293. The number of rotatable bonds is 8. The van der Waals surface area contributed by atoms with E-state index in [1.807, 2.05) is 41.3 Å². The van der Waals surface area contributed by atoms with Gasteiger partial charge in [0.15, 0.2) is 5.82 Å². The lowest BCUT2D eigenvalue weighted by molar-refractivity contribution is -0.211. The van der Waals surface area contributed by atoms with E-state index in [-0.39, 0.29) is 22.2 Å². The number of benzene rings is 2. The van der Waals surface area contributed by atoms with Crippen LogP contribution in [0.15, 0.2) is 53.1 Å². The molecule has 0 spiro atoms. The van der Waals surface area contributed by atoms with Gasteiger partial charge in [-0.15, -0.1) is 0 Å². The second-order valence-electron chi connectivity index (χ2n) is 15.3. The highest BCUT2D eigenvalue weighted by molar-refractivity contribution is 7.92. The molecule has 0 aliphatic heterocycles. The van der Waals surface area contributed by atoms with Gasteiger partial charge in [-0.05, 0) is 98.6 Å². The summed E-state index contributed by atoms with van der Waals surface area (Å²) in [7, 11) is -3.37. The van der Waals surface area contributed by atoms with Crippen molar-refractivity contribution in [3.05, 3.63) is 60.2 Å². The van der Waals surface area contributed by atoms with E-state index < -0.39 is 21.1 Å². The number of carbonyl (C=O) groups excluding carboxylic acids is 1. The van der Waals surface area contributed by atoms with Crippen LogP contribution in [0.1, 0.15) is 90.3 Å². The van der Waals surface area contributed by atoms with Crippen molar-refractivity contribution < 1.29 is 22.1 Å². The number of aromatic nitrogens is 2. The van der Waals surface area contributed by atoms with Gasteiger partial charge in [0.05, 0.1) is 11.7 Å². The van der Waals surface area contributed by atoms with Crippen molar-refractivity contribution in [3.63, 3.8) is 0 Å². The maximum absolute atomic E-state index is 14.6. The maximum atomic E-state index is 14.6. The molecule has 0 atom stereocenters. The molecule has 44 heavy (non-hydrogen) atoms. The zero-order valence-electron chi connectivity index (χ0n) is 26.0. The molecule has 234 valence electrons. The Morgan fingerprint density at radius 2 is 1.61 bits per heavy atom. The minimum absolute atomic E-state index is 0.0140. The Labute approximate surface area is 258 Å². The second-order valence-corrected chi connectivity index (χ2v) is 17.1. The molecule has 9 rings (SSSR count). The number of amides is 1. The molecular formula is C34H41FN4O4S. The van der Waals surface area contributed by atoms with Crippen LogP contribution in [0.2, 0.25) is 0 Å². The fourth-order valence-electron chi connectivity index (χ4n) is 8.17. The third kappa shape index (κ3) is 5.03. The summed E-state index contributed by atoms with van der Waals surface area (Å²) in [5.74, 6) is 1.55. The summed E-state index contributed by atoms with van der Waals surface area (Å²) in [4.78, 5) is 21.1. The van der Waals surface area contributed by atoms with Crippen LogP contribution in [0, 0.1) is 10.8 Å². The number of anilines is 2. The molecule has 6 aliphatic carbocycles. The molecule has 8 nitrogen and oxygen atoms in total. The first-order valence-electron chi connectivity index (χ1n) is 15.6. The minimum Gasteiger partial charge on any atom is -0.339 e. The molecule has 3 aromatic rings. The lowest BCUT2D eigenvalue weighted by atomic mass is 9.41. The largest absolute Gasteiger partial charge is 0.339 e. The van der Waals surface area contributed by atoms with E-state index in [0.29, 0.717) is 37.4 Å². The molecule has 10 heteroatoms. The van der Waals surface area contributed by atoms with Gasteiger partial charge in [-0.3, -0.25) is 9.52 Å². The van der Waals surface area contributed by atoms with E-state index >= 15 is 0 Å². The van der Waals surface area contributed by atoms with Crippen molar-refractivity contribution in [1.29, 1.82) is 0 Å². The van der Waals surface area contributed by atoms with E-state index in [1.165, 1.54) is 0 Å². The summed E-state index contributed by atoms with van der Waals surface area (Å²) in [6.07, 6.45) is 7.93. The van der Waals surface area contributed by atoms with Crippen LogP contribution in [0.5, 0.6) is 0 Å². The Kier molecular flexibility index (Phi) is 6.43. The lowest BCUT2D eigenvalue weighted by Gasteiger charge is -2.65. The number of nitrogens with one attached hydrogen (secondary N) is 1. The third-order valence-electron chi connectivity index (χ3n) is 10.8. The standard InChI is InChI=1S/C34H41FN4O4S/c1-30(2,3)28-36-27(37-43-28)32-15-12-31(13-16-32,14-17-32)22-39(29(40)33-19-34(35,20-33)21-33)26-7-5-6-24(18-26)23-8-10-25(11-9-23)38-44(4,41)42/h5-11,18,38H,12-17,19-22H2,1-4H3. The van der Waals surface area contributed by atoms with E-state index in [2.05, 4.69) is 30.6 Å². The molecule has 1 amide bonds. The smallest absolute Gasteiger partial charge is 0.233 e. The number of hydrogen-bond acceptors (Lipinski definition) is 6. The molecule has 4 bridgehead atoms. The molecule has 0 unspecified atom stereocenters. The number of fused-ring (bicyclic) bond motifs is 3. The highest BCUT2D eigenvalue weighted by Crippen LogP contribution is 2.70. The minimum atomic E-state index is -3.37. The number of carbonyl (C=O) groups is 1. The molecular weight excluding hydrogens is 579 g/mol. The van der Waals surface area contributed by atoms with Crippen molar-refractivity contribution in [2.75, 3.05) is 22.4 Å². The van der Waals surface area contributed by atoms with E-state index in [9.17, 15) is 17.6 Å². The lowest BCUT2D eigenvalue weighted by Crippen LogP contribution is -2.71. The van der Waals surface area contributed by atoms with Gasteiger partial charge in [0.1, 0.15) is 5.67 Å². The summed E-state index contributed by atoms with van der Waals surface area (Å²) >= 11 is 0. The Morgan fingerprint density at radius 1 is 0.977 bits per heavy atom. The van der Waals surface area contributed by atoms with Gasteiger partial charge in [0.25, 0.3) is 0 Å². The molecule has 6 fully saturated rings. The van der Waals surface area contributed by atoms with Gasteiger partial charge >= 0.3 is 0 Å². The fourth-order valence-corrected chi connectivity index (χ4v) is 8.73. The van der Waals surface area contributed by atoms with Gasteiger partial charge in [0, 0.05) is 28.7 Å². The van der Waals surface area contributed by atoms with E-state index in [0.717, 1.165) is 67.4 Å². The Morgan fingerprint density at radius 3 is 2.16 bits per heavy atom. The Balaban J connectivity index is 1.14. The first-order valence-corrected chi connectivity index (χ1v) is 17.5. The average molecular weight is 621 g/mol. The topological polar surface area (TPSA) is 105 Å². The van der Waals surface area contributed by atoms with Gasteiger partial charge in [0.2, 0.25) is 21.8 Å². The predicted octanol–water partition coefficient (Wildman–Crippen LogP) is 6.92. The molecule has 0 radical (unpaired) electrons. The number of hydrogen-bond donors (Lipinski definition) is 1. The van der Waals surface area contributed by atoms with Crippen LogP contribution in [-0.2, 0) is 25.6 Å². The highest BCUT2D eigenvalue weighted by Gasteiger charge is 2.73. The Bertz CT molecular complexity index is 1680. The van der Waals surface area contributed by atoms with Crippen LogP contribution in [0.25, 0.3) is 11.1 Å². The predicted molar refractivity (Wildman–Crippen MR) is 168 cm³/mol. The molecule has 1 N–H and O–H groups in total. The van der Waals surface area contributed by atoms with Crippen LogP contribution < -0.4 is 9.62 Å². The molecule has 0 saturated heterocycles. The number of sulfonamides is 1. The summed E-state index contributed by atoms with van der Waals surface area (Å²) in [5.41, 5.74) is 1.15. The number of halogens is 1. The normalized spacial score (nSPS) is 30.8. The van der Waals surface area contributed by atoms with Gasteiger partial charge in [-0.25, -0.2) is 12.8 Å². The van der Waals surface area contributed by atoms with Crippen LogP contribution in [0.3, 0.4) is 0 Å². The number of nitrogens with zero attached hydrogens (tertiary/aromatic N) is 3. The highest BCUT2D eigenvalue weighted by atomic mass is 32.2. The first kappa shape index (κ1) is 29.4. The zero-order valence-corrected chi connectivity index (χ0v) is 26.8. The van der Waals surface area contributed by atoms with Crippen molar-refractivity contribution in [1.82, 2.24) is 10.1 Å². The number of alkyl halides is 1. The summed E-state index contributed by atoms with van der Waals surface area (Å²) in [6, 6.07) is 15.2. The Hall–Kier alpha value is -3.27. The molecule has 1 aromatic heterocycles. The summed E-state index contributed by atoms with van der Waals surface area (Å²) in [6.45, 7) is 6.86. The molecule has 6 aliphatic rings. The average Bonchev–Trinajstić information content (AvgIpc) is 3.47. The van der Waals surface area contributed by atoms with Crippen molar-refractivity contribution in [3.8, 4) is 11.1 Å². The van der Waals surface area contributed by atoms with Gasteiger partial charge in [-0.1, -0.05) is 50.2 Å². The van der Waals surface area contributed by atoms with Crippen LogP contribution in [-0.4, -0.2) is 42.9 Å². The van der Waals surface area contributed by atoms with Crippen molar-refractivity contribution in [2.45, 2.75) is 95.1 Å². The van der Waals surface area contributed by atoms with E-state index in [4.69, 9.17) is 9.51 Å². The monoisotopic (exact) mass is 620 g/mol. The van der Waals surface area contributed by atoms with Gasteiger partial charge < -0.3 is 9.42 Å².